The molecule has 0 saturated carbocycles. The molecule has 0 spiro atoms. The van der Waals surface area contributed by atoms with E-state index in [-0.39, 0.29) is 17.1 Å². The molecule has 0 atom stereocenters. The fourth-order valence-electron chi connectivity index (χ4n) is 1.67. The second kappa shape index (κ2) is 7.68. The van der Waals surface area contributed by atoms with Crippen LogP contribution in [0.3, 0.4) is 0 Å². The number of carbonyl (C=O) groups excluding carboxylic acids is 2. The molecule has 1 aromatic carbocycles. The van der Waals surface area contributed by atoms with Crippen LogP contribution in [0.2, 0.25) is 0 Å². The molecule has 0 aliphatic carbocycles. The summed E-state index contributed by atoms with van der Waals surface area (Å²) in [5.41, 5.74) is -0.254. The zero-order chi connectivity index (χ0) is 16.8. The summed E-state index contributed by atoms with van der Waals surface area (Å²) in [5, 5.41) is 12.3. The van der Waals surface area contributed by atoms with Gasteiger partial charge in [-0.15, -0.1) is 0 Å². The average molecular weight is 309 g/mol. The third-order valence-electron chi connectivity index (χ3n) is 2.61. The Labute approximate surface area is 130 Å². The molecule has 6 heteroatoms. The fourth-order valence-corrected chi connectivity index (χ4v) is 1.67. The van der Waals surface area contributed by atoms with Crippen LogP contribution >= 0.6 is 0 Å². The van der Waals surface area contributed by atoms with Crippen LogP contribution in [0.1, 0.15) is 44.5 Å². The van der Waals surface area contributed by atoms with Gasteiger partial charge in [0.05, 0.1) is 12.2 Å². The number of aromatic hydroxyl groups is 1. The zero-order valence-corrected chi connectivity index (χ0v) is 13.4. The predicted octanol–water partition coefficient (Wildman–Crippen LogP) is 2.89. The molecule has 0 bridgehead atoms. The van der Waals surface area contributed by atoms with Crippen molar-refractivity contribution >= 4 is 11.9 Å². The Morgan fingerprint density at radius 3 is 2.50 bits per heavy atom. The molecule has 6 nitrogen and oxygen atoms in total. The van der Waals surface area contributed by atoms with Crippen molar-refractivity contribution in [3.63, 3.8) is 0 Å². The van der Waals surface area contributed by atoms with Crippen LogP contribution in [0.4, 0.5) is 4.79 Å². The SMILES string of the molecule is CC(=O)c1ccc(OCCCNC(=O)OC(C)(C)C)cc1O. The lowest BCUT2D eigenvalue weighted by molar-refractivity contribution is 0.0525. The van der Waals surface area contributed by atoms with Crippen molar-refractivity contribution < 1.29 is 24.2 Å². The number of amides is 1. The lowest BCUT2D eigenvalue weighted by Crippen LogP contribution is -2.33. The van der Waals surface area contributed by atoms with Crippen molar-refractivity contribution in [3.8, 4) is 11.5 Å². The van der Waals surface area contributed by atoms with Crippen molar-refractivity contribution in [2.24, 2.45) is 0 Å². The molecule has 22 heavy (non-hydrogen) atoms. The summed E-state index contributed by atoms with van der Waals surface area (Å²) in [6.07, 6.45) is 0.130. The smallest absolute Gasteiger partial charge is 0.407 e. The third-order valence-corrected chi connectivity index (χ3v) is 2.61. The van der Waals surface area contributed by atoms with Crippen molar-refractivity contribution in [3.05, 3.63) is 23.8 Å². The lowest BCUT2D eigenvalue weighted by atomic mass is 10.1. The standard InChI is InChI=1S/C16H23NO5/c1-11(18)13-7-6-12(10-14(13)19)21-9-5-8-17-15(20)22-16(2,3)4/h6-7,10,19H,5,8-9H2,1-4H3,(H,17,20). The molecule has 0 aliphatic rings. The van der Waals surface area contributed by atoms with Gasteiger partial charge in [0.25, 0.3) is 0 Å². The third kappa shape index (κ3) is 6.47. The van der Waals surface area contributed by atoms with Crippen molar-refractivity contribution in [1.29, 1.82) is 0 Å². The van der Waals surface area contributed by atoms with Crippen LogP contribution in [0, 0.1) is 0 Å². The Morgan fingerprint density at radius 1 is 1.27 bits per heavy atom. The van der Waals surface area contributed by atoms with E-state index in [2.05, 4.69) is 5.32 Å². The minimum absolute atomic E-state index is 0.100. The van der Waals surface area contributed by atoms with Gasteiger partial charge < -0.3 is 19.9 Å². The molecule has 122 valence electrons. The van der Waals surface area contributed by atoms with E-state index in [1.165, 1.54) is 19.1 Å². The van der Waals surface area contributed by atoms with E-state index < -0.39 is 11.7 Å². The number of carbonyl (C=O) groups is 2. The summed E-state index contributed by atoms with van der Waals surface area (Å²) in [6.45, 7) is 7.58. The van der Waals surface area contributed by atoms with E-state index in [0.29, 0.717) is 25.3 Å². The van der Waals surface area contributed by atoms with Gasteiger partial charge in [-0.05, 0) is 46.2 Å². The number of Topliss-reactive ketones (excluding diaryl/α,β-unsaturated/α-hetero) is 1. The topological polar surface area (TPSA) is 84.9 Å². The zero-order valence-electron chi connectivity index (χ0n) is 13.4. The van der Waals surface area contributed by atoms with Gasteiger partial charge in [-0.3, -0.25) is 4.79 Å². The molecule has 0 aromatic heterocycles. The van der Waals surface area contributed by atoms with Crippen LogP contribution in [-0.2, 0) is 4.74 Å². The molecular weight excluding hydrogens is 286 g/mol. The second-order valence-electron chi connectivity index (χ2n) is 5.87. The predicted molar refractivity (Wildman–Crippen MR) is 82.5 cm³/mol. The minimum atomic E-state index is -0.517. The second-order valence-corrected chi connectivity index (χ2v) is 5.87. The van der Waals surface area contributed by atoms with Gasteiger partial charge >= 0.3 is 6.09 Å². The van der Waals surface area contributed by atoms with Gasteiger partial charge in [-0.2, -0.15) is 0 Å². The van der Waals surface area contributed by atoms with E-state index >= 15 is 0 Å². The molecule has 0 aliphatic heterocycles. The number of benzene rings is 1. The summed E-state index contributed by atoms with van der Waals surface area (Å²) in [4.78, 5) is 22.6. The summed E-state index contributed by atoms with van der Waals surface area (Å²) in [7, 11) is 0. The van der Waals surface area contributed by atoms with Crippen molar-refractivity contribution in [1.82, 2.24) is 5.32 Å². The first-order chi connectivity index (χ1) is 10.2. The van der Waals surface area contributed by atoms with Crippen LogP contribution in [0.5, 0.6) is 11.5 Å². The van der Waals surface area contributed by atoms with E-state index in [4.69, 9.17) is 9.47 Å². The summed E-state index contributed by atoms with van der Waals surface area (Å²) >= 11 is 0. The Morgan fingerprint density at radius 2 is 1.95 bits per heavy atom. The average Bonchev–Trinajstić information content (AvgIpc) is 2.35. The van der Waals surface area contributed by atoms with E-state index in [1.54, 1.807) is 26.8 Å². The Hall–Kier alpha value is -2.24. The highest BCUT2D eigenvalue weighted by Gasteiger charge is 2.15. The first-order valence-corrected chi connectivity index (χ1v) is 7.12. The molecule has 0 saturated heterocycles. The molecule has 2 N–H and O–H groups in total. The number of phenolic OH excluding ortho intramolecular Hbond substituents is 1. The Balaban J connectivity index is 2.29. The molecule has 0 radical (unpaired) electrons. The molecule has 1 amide bonds. The number of alkyl carbamates (subject to hydrolysis) is 1. The maximum absolute atomic E-state index is 11.4. The van der Waals surface area contributed by atoms with E-state index in [1.807, 2.05) is 0 Å². The Kier molecular flexibility index (Phi) is 6.22. The highest BCUT2D eigenvalue weighted by atomic mass is 16.6. The number of ether oxygens (including phenoxy) is 2. The fraction of sp³-hybridized carbons (Fsp3) is 0.500. The molecule has 1 rings (SSSR count). The van der Waals surface area contributed by atoms with E-state index in [9.17, 15) is 14.7 Å². The number of nitrogens with one attached hydrogen (secondary N) is 1. The maximum Gasteiger partial charge on any atom is 0.407 e. The van der Waals surface area contributed by atoms with Crippen LogP contribution in [0.25, 0.3) is 0 Å². The highest BCUT2D eigenvalue weighted by Crippen LogP contribution is 2.23. The number of ketones is 1. The van der Waals surface area contributed by atoms with Gasteiger partial charge in [0.2, 0.25) is 0 Å². The Bertz CT molecular complexity index is 534. The molecule has 1 aromatic rings. The first kappa shape index (κ1) is 17.8. The van der Waals surface area contributed by atoms with Gasteiger partial charge in [0.1, 0.15) is 17.1 Å². The number of rotatable bonds is 6. The van der Waals surface area contributed by atoms with Crippen LogP contribution in [-0.4, -0.2) is 35.7 Å². The first-order valence-electron chi connectivity index (χ1n) is 7.12. The van der Waals surface area contributed by atoms with Crippen LogP contribution < -0.4 is 10.1 Å². The van der Waals surface area contributed by atoms with Crippen LogP contribution in [0.15, 0.2) is 18.2 Å². The quantitative estimate of drug-likeness (QED) is 0.623. The van der Waals surface area contributed by atoms with Crippen molar-refractivity contribution in [2.45, 2.75) is 39.7 Å². The molecule has 0 heterocycles. The lowest BCUT2D eigenvalue weighted by Gasteiger charge is -2.19. The summed E-state index contributed by atoms with van der Waals surface area (Å²) < 4.78 is 10.5. The van der Waals surface area contributed by atoms with Gasteiger partial charge in [-0.1, -0.05) is 0 Å². The summed E-state index contributed by atoms with van der Waals surface area (Å²) in [5.74, 6) is 0.169. The van der Waals surface area contributed by atoms with Gasteiger partial charge in [-0.25, -0.2) is 4.79 Å². The normalized spacial score (nSPS) is 10.9. The molecular formula is C16H23NO5. The highest BCUT2D eigenvalue weighted by molar-refractivity contribution is 5.96. The minimum Gasteiger partial charge on any atom is -0.507 e. The number of hydrogen-bond acceptors (Lipinski definition) is 5. The van der Waals surface area contributed by atoms with Crippen molar-refractivity contribution in [2.75, 3.05) is 13.2 Å². The maximum atomic E-state index is 11.4. The molecule has 0 unspecified atom stereocenters. The van der Waals surface area contributed by atoms with Gasteiger partial charge in [0, 0.05) is 12.6 Å². The monoisotopic (exact) mass is 309 g/mol. The molecule has 0 fully saturated rings. The van der Waals surface area contributed by atoms with E-state index in [0.717, 1.165) is 0 Å². The number of hydrogen-bond donors (Lipinski definition) is 2. The van der Waals surface area contributed by atoms with Gasteiger partial charge in [0.15, 0.2) is 5.78 Å². The largest absolute Gasteiger partial charge is 0.507 e. The summed E-state index contributed by atoms with van der Waals surface area (Å²) in [6, 6.07) is 4.54. The number of phenols is 1.